The first-order valence-electron chi connectivity index (χ1n) is 7.18. The fourth-order valence-electron chi connectivity index (χ4n) is 2.86. The standard InChI is InChI=1S/C14H17N3O5S2/c1-9-14(10(2)22-16-9)24(20,21)17-6-5-11-3-4-13(23(15,18)19)7-12(11)8-17/h3-4,7H,5-6,8H2,1-2H3,(H2,15,18,19). The summed E-state index contributed by atoms with van der Waals surface area (Å²) in [6.07, 6.45) is 0.489. The fourth-order valence-corrected chi connectivity index (χ4v) is 5.14. The van der Waals surface area contributed by atoms with Gasteiger partial charge in [0.25, 0.3) is 0 Å². The highest BCUT2D eigenvalue weighted by Gasteiger charge is 2.33. The number of sulfonamides is 2. The van der Waals surface area contributed by atoms with Gasteiger partial charge in [-0.2, -0.15) is 4.31 Å². The maximum Gasteiger partial charge on any atom is 0.248 e. The minimum absolute atomic E-state index is 0.0298. The molecule has 8 nitrogen and oxygen atoms in total. The van der Waals surface area contributed by atoms with Crippen LogP contribution in [0, 0.1) is 13.8 Å². The van der Waals surface area contributed by atoms with Crippen LogP contribution >= 0.6 is 0 Å². The van der Waals surface area contributed by atoms with E-state index in [9.17, 15) is 16.8 Å². The van der Waals surface area contributed by atoms with Gasteiger partial charge in [0.2, 0.25) is 20.0 Å². The van der Waals surface area contributed by atoms with Crippen LogP contribution in [-0.2, 0) is 33.0 Å². The highest BCUT2D eigenvalue weighted by molar-refractivity contribution is 7.89. The topological polar surface area (TPSA) is 124 Å². The largest absolute Gasteiger partial charge is 0.360 e. The van der Waals surface area contributed by atoms with Crippen molar-refractivity contribution in [3.63, 3.8) is 0 Å². The Hall–Kier alpha value is -1.75. The highest BCUT2D eigenvalue weighted by Crippen LogP contribution is 2.29. The first kappa shape index (κ1) is 17.1. The summed E-state index contributed by atoms with van der Waals surface area (Å²) in [4.78, 5) is 0.0337. The molecule has 0 radical (unpaired) electrons. The summed E-state index contributed by atoms with van der Waals surface area (Å²) in [5.41, 5.74) is 1.84. The molecule has 3 rings (SSSR count). The third kappa shape index (κ3) is 2.86. The molecule has 2 N–H and O–H groups in total. The summed E-state index contributed by atoms with van der Waals surface area (Å²) < 4.78 is 55.0. The Labute approximate surface area is 140 Å². The average molecular weight is 371 g/mol. The smallest absolute Gasteiger partial charge is 0.248 e. The molecule has 0 aliphatic carbocycles. The van der Waals surface area contributed by atoms with E-state index < -0.39 is 20.0 Å². The summed E-state index contributed by atoms with van der Waals surface area (Å²) in [6, 6.07) is 4.54. The van der Waals surface area contributed by atoms with Crippen molar-refractivity contribution in [3.05, 3.63) is 40.8 Å². The molecule has 0 amide bonds. The van der Waals surface area contributed by atoms with Crippen LogP contribution in [0.2, 0.25) is 0 Å². The Kier molecular flexibility index (Phi) is 4.03. The van der Waals surface area contributed by atoms with Crippen molar-refractivity contribution < 1.29 is 21.4 Å². The Bertz CT molecular complexity index is 990. The van der Waals surface area contributed by atoms with Crippen LogP contribution in [0.5, 0.6) is 0 Å². The minimum Gasteiger partial charge on any atom is -0.360 e. The molecule has 1 aliphatic rings. The van der Waals surface area contributed by atoms with E-state index in [1.807, 2.05) is 0 Å². The lowest BCUT2D eigenvalue weighted by atomic mass is 10.0. The summed E-state index contributed by atoms with van der Waals surface area (Å²) in [6.45, 7) is 3.49. The molecule has 0 unspecified atom stereocenters. The molecule has 2 heterocycles. The van der Waals surface area contributed by atoms with Gasteiger partial charge in [0.1, 0.15) is 10.6 Å². The van der Waals surface area contributed by atoms with Crippen molar-refractivity contribution in [2.75, 3.05) is 6.54 Å². The van der Waals surface area contributed by atoms with E-state index in [1.54, 1.807) is 19.9 Å². The Morgan fingerprint density at radius 3 is 2.46 bits per heavy atom. The van der Waals surface area contributed by atoms with E-state index >= 15 is 0 Å². The van der Waals surface area contributed by atoms with E-state index in [0.717, 1.165) is 5.56 Å². The molecule has 1 aromatic carbocycles. The van der Waals surface area contributed by atoms with Crippen LogP contribution in [0.15, 0.2) is 32.5 Å². The van der Waals surface area contributed by atoms with Gasteiger partial charge in [-0.25, -0.2) is 22.0 Å². The maximum atomic E-state index is 12.9. The molecule has 0 bridgehead atoms. The lowest BCUT2D eigenvalue weighted by Crippen LogP contribution is -2.36. The van der Waals surface area contributed by atoms with Crippen molar-refractivity contribution in [1.29, 1.82) is 0 Å². The van der Waals surface area contributed by atoms with E-state index in [2.05, 4.69) is 5.16 Å². The van der Waals surface area contributed by atoms with Crippen LogP contribution in [0.4, 0.5) is 0 Å². The molecule has 0 spiro atoms. The van der Waals surface area contributed by atoms with Gasteiger partial charge in [-0.3, -0.25) is 0 Å². The molecule has 1 aliphatic heterocycles. The zero-order valence-corrected chi connectivity index (χ0v) is 14.8. The summed E-state index contributed by atoms with van der Waals surface area (Å²) in [7, 11) is -7.61. The van der Waals surface area contributed by atoms with Gasteiger partial charge in [0.05, 0.1) is 4.90 Å². The van der Waals surface area contributed by atoms with Crippen molar-refractivity contribution in [3.8, 4) is 0 Å². The number of nitrogens with two attached hydrogens (primary N) is 1. The van der Waals surface area contributed by atoms with Gasteiger partial charge in [-0.05, 0) is 43.5 Å². The molecule has 1 aromatic heterocycles. The quantitative estimate of drug-likeness (QED) is 0.846. The average Bonchev–Trinajstić information content (AvgIpc) is 2.84. The van der Waals surface area contributed by atoms with Crippen LogP contribution in [0.1, 0.15) is 22.6 Å². The van der Waals surface area contributed by atoms with Gasteiger partial charge < -0.3 is 4.52 Å². The van der Waals surface area contributed by atoms with E-state index in [-0.39, 0.29) is 22.1 Å². The molecule has 0 saturated heterocycles. The SMILES string of the molecule is Cc1noc(C)c1S(=O)(=O)N1CCc2ccc(S(N)(=O)=O)cc2C1. The Morgan fingerprint density at radius 1 is 1.17 bits per heavy atom. The number of fused-ring (bicyclic) bond motifs is 1. The predicted molar refractivity (Wildman–Crippen MR) is 85.1 cm³/mol. The molecule has 130 valence electrons. The normalized spacial score (nSPS) is 16.1. The van der Waals surface area contributed by atoms with E-state index in [4.69, 9.17) is 9.66 Å². The van der Waals surface area contributed by atoms with Crippen LogP contribution in [0.25, 0.3) is 0 Å². The van der Waals surface area contributed by atoms with Gasteiger partial charge in [-0.15, -0.1) is 0 Å². The van der Waals surface area contributed by atoms with Crippen LogP contribution in [0.3, 0.4) is 0 Å². The number of hydrogen-bond donors (Lipinski definition) is 1. The van der Waals surface area contributed by atoms with Crippen LogP contribution < -0.4 is 5.14 Å². The molecule has 0 atom stereocenters. The van der Waals surface area contributed by atoms with Gasteiger partial charge >= 0.3 is 0 Å². The first-order valence-corrected chi connectivity index (χ1v) is 10.2. The van der Waals surface area contributed by atoms with Crippen molar-refractivity contribution in [1.82, 2.24) is 9.46 Å². The minimum atomic E-state index is -3.84. The second-order valence-corrected chi connectivity index (χ2v) is 9.15. The second kappa shape index (κ2) is 5.66. The summed E-state index contributed by atoms with van der Waals surface area (Å²) >= 11 is 0. The zero-order chi connectivity index (χ0) is 17.7. The number of nitrogens with zero attached hydrogens (tertiary/aromatic N) is 2. The first-order chi connectivity index (χ1) is 11.1. The van der Waals surface area contributed by atoms with Crippen LogP contribution in [-0.4, -0.2) is 32.8 Å². The fraction of sp³-hybridized carbons (Fsp3) is 0.357. The van der Waals surface area contributed by atoms with Gasteiger partial charge in [0.15, 0.2) is 5.76 Å². The number of primary sulfonamides is 1. The number of aromatic nitrogens is 1. The van der Waals surface area contributed by atoms with E-state index in [1.165, 1.54) is 16.4 Å². The molecule has 10 heteroatoms. The second-order valence-electron chi connectivity index (χ2n) is 5.72. The molecule has 0 saturated carbocycles. The van der Waals surface area contributed by atoms with Gasteiger partial charge in [-0.1, -0.05) is 11.2 Å². The van der Waals surface area contributed by atoms with E-state index in [0.29, 0.717) is 24.2 Å². The number of rotatable bonds is 3. The zero-order valence-electron chi connectivity index (χ0n) is 13.2. The predicted octanol–water partition coefficient (Wildman–Crippen LogP) is 0.686. The molecular formula is C14H17N3O5S2. The molecule has 0 fully saturated rings. The number of hydrogen-bond acceptors (Lipinski definition) is 6. The van der Waals surface area contributed by atoms with Crippen molar-refractivity contribution in [2.45, 2.75) is 36.6 Å². The highest BCUT2D eigenvalue weighted by atomic mass is 32.2. The Balaban J connectivity index is 2.00. The molecule has 2 aromatic rings. The Morgan fingerprint density at radius 2 is 1.88 bits per heavy atom. The lowest BCUT2D eigenvalue weighted by molar-refractivity contribution is 0.381. The summed E-state index contributed by atoms with van der Waals surface area (Å²) in [5, 5.41) is 8.84. The number of benzene rings is 1. The molecular weight excluding hydrogens is 354 g/mol. The monoisotopic (exact) mass is 371 g/mol. The summed E-state index contributed by atoms with van der Waals surface area (Å²) in [5.74, 6) is 0.233. The number of aryl methyl sites for hydroxylation is 2. The van der Waals surface area contributed by atoms with Crippen molar-refractivity contribution >= 4 is 20.0 Å². The third-order valence-corrected chi connectivity index (χ3v) is 7.05. The lowest BCUT2D eigenvalue weighted by Gasteiger charge is -2.28. The third-order valence-electron chi connectivity index (χ3n) is 4.05. The maximum absolute atomic E-state index is 12.9. The van der Waals surface area contributed by atoms with Crippen molar-refractivity contribution in [2.24, 2.45) is 5.14 Å². The van der Waals surface area contributed by atoms with Gasteiger partial charge in [0, 0.05) is 13.1 Å². The molecule has 24 heavy (non-hydrogen) atoms.